The van der Waals surface area contributed by atoms with Crippen LogP contribution in [0, 0.1) is 26.2 Å². The van der Waals surface area contributed by atoms with Gasteiger partial charge < -0.3 is 15.5 Å². The molecule has 1 saturated heterocycles. The molecule has 12 nitrogen and oxygen atoms in total. The molecule has 3 aromatic heterocycles. The molecule has 1 aliphatic heterocycles. The number of hydrogen-bond donors (Lipinski definition) is 2. The van der Waals surface area contributed by atoms with E-state index in [2.05, 4.69) is 41.3 Å². The van der Waals surface area contributed by atoms with Crippen LogP contribution in [0.5, 0.6) is 0 Å². The zero-order valence-corrected chi connectivity index (χ0v) is 29.2. The zero-order chi connectivity index (χ0) is 36.0. The number of halogens is 4. The van der Waals surface area contributed by atoms with Crippen LogP contribution in [0.15, 0.2) is 41.3 Å². The first-order valence-corrected chi connectivity index (χ1v) is 16.1. The molecule has 1 aromatic carbocycles. The van der Waals surface area contributed by atoms with Crippen molar-refractivity contribution in [2.75, 3.05) is 11.9 Å². The van der Waals surface area contributed by atoms with Gasteiger partial charge in [0.05, 0.1) is 5.52 Å². The molecule has 4 heterocycles. The predicted molar refractivity (Wildman–Crippen MR) is 177 cm³/mol. The fourth-order valence-electron chi connectivity index (χ4n) is 6.18. The van der Waals surface area contributed by atoms with Crippen LogP contribution in [0.4, 0.5) is 19.0 Å². The predicted octanol–water partition coefficient (Wildman–Crippen LogP) is 5.09. The van der Waals surface area contributed by atoms with Gasteiger partial charge in [0.15, 0.2) is 5.78 Å². The number of ketones is 1. The van der Waals surface area contributed by atoms with Gasteiger partial charge in [0.25, 0.3) is 0 Å². The monoisotopic (exact) mass is 742 g/mol. The summed E-state index contributed by atoms with van der Waals surface area (Å²) in [4.78, 5) is 66.7. The molecule has 3 amide bonds. The Morgan fingerprint density at radius 2 is 1.71 bits per heavy atom. The normalized spacial score (nSPS) is 19.3. The third-order valence-electron chi connectivity index (χ3n) is 8.99. The van der Waals surface area contributed by atoms with E-state index in [1.807, 2.05) is 18.3 Å². The number of nitrogens with one attached hydrogen (secondary N) is 2. The van der Waals surface area contributed by atoms with Crippen molar-refractivity contribution >= 4 is 56.2 Å². The van der Waals surface area contributed by atoms with E-state index >= 15 is 0 Å². The molecule has 0 radical (unpaired) electrons. The van der Waals surface area contributed by atoms with Crippen molar-refractivity contribution < 1.29 is 32.3 Å². The highest BCUT2D eigenvalue weighted by molar-refractivity contribution is 9.10. The molecule has 5 rings (SSSR count). The maximum atomic E-state index is 14.2. The molecule has 0 aliphatic carbocycles. The fourth-order valence-corrected chi connectivity index (χ4v) is 6.49. The SMILES string of the molecule is CC(=O)c1nn(CC(=O)N2[C@H](C(=O)Nc3nc(Br)ccc3C)C[C@](C)(CNC(=O)C(F)(F)F)[C@H]2C)c2c(C)cc(-c3cnc(C)nc3)cc12. The van der Waals surface area contributed by atoms with E-state index in [0.29, 0.717) is 32.5 Å². The lowest BCUT2D eigenvalue weighted by Gasteiger charge is -2.33. The van der Waals surface area contributed by atoms with Crippen LogP contribution in [-0.4, -0.2) is 77.9 Å². The van der Waals surface area contributed by atoms with Crippen LogP contribution in [0.2, 0.25) is 0 Å². The number of aromatic nitrogens is 5. The van der Waals surface area contributed by atoms with Gasteiger partial charge in [-0.1, -0.05) is 13.0 Å². The van der Waals surface area contributed by atoms with Crippen LogP contribution < -0.4 is 10.6 Å². The molecule has 49 heavy (non-hydrogen) atoms. The van der Waals surface area contributed by atoms with Gasteiger partial charge in [0.1, 0.15) is 34.5 Å². The van der Waals surface area contributed by atoms with E-state index in [-0.39, 0.29) is 30.3 Å². The second-order valence-corrected chi connectivity index (χ2v) is 13.4. The number of nitrogens with zero attached hydrogens (tertiary/aromatic N) is 6. The number of pyridine rings is 1. The highest BCUT2D eigenvalue weighted by Crippen LogP contribution is 2.41. The minimum Gasteiger partial charge on any atom is -0.348 e. The fraction of sp³-hybridized carbons (Fsp3) is 0.394. The number of alkyl halides is 3. The van der Waals surface area contributed by atoms with Gasteiger partial charge >= 0.3 is 12.1 Å². The lowest BCUT2D eigenvalue weighted by molar-refractivity contribution is -0.174. The van der Waals surface area contributed by atoms with E-state index < -0.39 is 47.9 Å². The molecule has 16 heteroatoms. The quantitative estimate of drug-likeness (QED) is 0.187. The summed E-state index contributed by atoms with van der Waals surface area (Å²) in [6.45, 7) is 9.09. The molecule has 0 unspecified atom stereocenters. The number of amides is 3. The summed E-state index contributed by atoms with van der Waals surface area (Å²) in [6.07, 6.45) is -1.82. The van der Waals surface area contributed by atoms with Crippen LogP contribution in [0.3, 0.4) is 0 Å². The smallest absolute Gasteiger partial charge is 0.348 e. The van der Waals surface area contributed by atoms with E-state index in [9.17, 15) is 32.3 Å². The number of anilines is 1. The van der Waals surface area contributed by atoms with E-state index in [1.165, 1.54) is 16.5 Å². The van der Waals surface area contributed by atoms with Crippen molar-refractivity contribution in [3.05, 3.63) is 63.9 Å². The number of likely N-dealkylation sites (tertiary alicyclic amines) is 1. The average molecular weight is 744 g/mol. The Morgan fingerprint density at radius 1 is 1.04 bits per heavy atom. The first-order valence-electron chi connectivity index (χ1n) is 15.3. The summed E-state index contributed by atoms with van der Waals surface area (Å²) in [7, 11) is 0. The van der Waals surface area contributed by atoms with Crippen LogP contribution in [0.25, 0.3) is 22.0 Å². The third kappa shape index (κ3) is 7.19. The van der Waals surface area contributed by atoms with Gasteiger partial charge in [-0.05, 0) is 84.9 Å². The minimum absolute atomic E-state index is 0.0590. The average Bonchev–Trinajstić information content (AvgIpc) is 3.52. The number of Topliss-reactive ketones (excluding diaryl/α,β-unsaturated/α-hetero) is 1. The maximum absolute atomic E-state index is 14.2. The van der Waals surface area contributed by atoms with Gasteiger partial charge in [0, 0.05) is 48.3 Å². The second kappa shape index (κ2) is 13.3. The Morgan fingerprint density at radius 3 is 2.35 bits per heavy atom. The zero-order valence-electron chi connectivity index (χ0n) is 27.6. The number of fused-ring (bicyclic) bond motifs is 1. The van der Waals surface area contributed by atoms with Gasteiger partial charge in [-0.2, -0.15) is 18.3 Å². The molecule has 258 valence electrons. The number of aryl methyl sites for hydroxylation is 3. The molecule has 2 N–H and O–H groups in total. The second-order valence-electron chi connectivity index (χ2n) is 12.6. The first-order chi connectivity index (χ1) is 22.9. The van der Waals surface area contributed by atoms with Crippen molar-refractivity contribution in [2.45, 2.75) is 72.8 Å². The van der Waals surface area contributed by atoms with Crippen molar-refractivity contribution in [3.8, 4) is 11.1 Å². The Kier molecular flexibility index (Phi) is 9.65. The maximum Gasteiger partial charge on any atom is 0.471 e. The number of carbonyl (C=O) groups excluding carboxylic acids is 4. The number of hydrogen-bond acceptors (Lipinski definition) is 8. The van der Waals surface area contributed by atoms with Crippen molar-refractivity contribution in [2.24, 2.45) is 5.41 Å². The number of benzene rings is 1. The van der Waals surface area contributed by atoms with Gasteiger partial charge in [-0.15, -0.1) is 0 Å². The summed E-state index contributed by atoms with van der Waals surface area (Å²) in [5.41, 5.74) is 2.36. The third-order valence-corrected chi connectivity index (χ3v) is 9.44. The minimum atomic E-state index is -5.10. The molecule has 1 fully saturated rings. The van der Waals surface area contributed by atoms with Crippen molar-refractivity contribution in [3.63, 3.8) is 0 Å². The van der Waals surface area contributed by atoms with E-state index in [0.717, 1.165) is 11.1 Å². The van der Waals surface area contributed by atoms with Crippen LogP contribution >= 0.6 is 15.9 Å². The highest BCUT2D eigenvalue weighted by Gasteiger charge is 2.52. The molecule has 4 aromatic rings. The standard InChI is InChI=1S/C33H34BrF3N8O4/c1-16-7-8-25(34)41-29(16)42-30(48)24-11-32(6,15-40-31(49)33(35,36)37)19(4)45(24)26(47)14-44-28-17(2)9-21(22-12-38-20(5)39-13-22)10-23(28)27(43-44)18(3)46/h7-10,12-13,19,24H,11,14-15H2,1-6H3,(H,40,49)(H,41,42,48)/t19-,24+,32-/m1/s1. The number of rotatable bonds is 8. The molecule has 1 aliphatic rings. The Bertz CT molecular complexity index is 1980. The summed E-state index contributed by atoms with van der Waals surface area (Å²) in [6, 6.07) is 5.14. The van der Waals surface area contributed by atoms with Crippen molar-refractivity contribution in [1.82, 2.24) is 34.9 Å². The van der Waals surface area contributed by atoms with Crippen LogP contribution in [0.1, 0.15) is 54.6 Å². The molecule has 0 bridgehead atoms. The number of carbonyl (C=O) groups is 4. The summed E-state index contributed by atoms with van der Waals surface area (Å²) in [5, 5.41) is 9.69. The van der Waals surface area contributed by atoms with Gasteiger partial charge in [0.2, 0.25) is 11.8 Å². The summed E-state index contributed by atoms with van der Waals surface area (Å²) >= 11 is 3.28. The lowest BCUT2D eigenvalue weighted by Crippen LogP contribution is -2.50. The Hall–Kier alpha value is -4.73. The Balaban J connectivity index is 1.51. The lowest BCUT2D eigenvalue weighted by atomic mass is 9.82. The largest absolute Gasteiger partial charge is 0.471 e. The topological polar surface area (TPSA) is 152 Å². The molecule has 3 atom stereocenters. The first kappa shape index (κ1) is 35.6. The molecule has 0 saturated carbocycles. The van der Waals surface area contributed by atoms with Crippen molar-refractivity contribution in [1.29, 1.82) is 0 Å². The van der Waals surface area contributed by atoms with E-state index in [1.54, 1.807) is 58.3 Å². The van der Waals surface area contributed by atoms with Gasteiger partial charge in [-0.25, -0.2) is 15.0 Å². The summed E-state index contributed by atoms with van der Waals surface area (Å²) in [5.74, 6) is -2.77. The molecule has 0 spiro atoms. The molecular weight excluding hydrogens is 709 g/mol. The van der Waals surface area contributed by atoms with Gasteiger partial charge in [-0.3, -0.25) is 23.9 Å². The van der Waals surface area contributed by atoms with Crippen LogP contribution in [-0.2, 0) is 20.9 Å². The molecular formula is C33H34BrF3N8O4. The Labute approximate surface area is 288 Å². The highest BCUT2D eigenvalue weighted by atomic mass is 79.9. The van der Waals surface area contributed by atoms with E-state index in [4.69, 9.17) is 0 Å². The summed E-state index contributed by atoms with van der Waals surface area (Å²) < 4.78 is 41.1.